The van der Waals surface area contributed by atoms with Crippen LogP contribution >= 0.6 is 23.2 Å². The van der Waals surface area contributed by atoms with Crippen molar-refractivity contribution < 1.29 is 18.3 Å². The van der Waals surface area contributed by atoms with Crippen LogP contribution in [0.4, 0.5) is 8.78 Å². The topological polar surface area (TPSA) is 70.0 Å². The summed E-state index contributed by atoms with van der Waals surface area (Å²) in [6.07, 6.45) is 0. The van der Waals surface area contributed by atoms with Crippen LogP contribution in [0, 0.1) is 11.6 Å². The Labute approximate surface area is 204 Å². The minimum absolute atomic E-state index is 0.0292. The molecule has 6 nitrogen and oxygen atoms in total. The van der Waals surface area contributed by atoms with Gasteiger partial charge < -0.3 is 9.47 Å². The first-order valence-electron chi connectivity index (χ1n) is 10.1. The van der Waals surface area contributed by atoms with Crippen LogP contribution in [0.15, 0.2) is 49.6 Å². The lowest BCUT2D eigenvalue weighted by Gasteiger charge is -2.09. The first-order valence-corrected chi connectivity index (χ1v) is 10.9. The summed E-state index contributed by atoms with van der Waals surface area (Å²) in [7, 11) is 0. The minimum Gasteiger partial charge on any atom is -0.492 e. The molecule has 34 heavy (non-hydrogen) atoms. The summed E-state index contributed by atoms with van der Waals surface area (Å²) in [5, 5.41) is 1.01. The Morgan fingerprint density at radius 2 is 1.12 bits per heavy atom. The van der Waals surface area contributed by atoms with Crippen molar-refractivity contribution in [1.82, 2.24) is 19.9 Å². The van der Waals surface area contributed by atoms with Crippen molar-refractivity contribution in [1.29, 1.82) is 0 Å². The lowest BCUT2D eigenvalue weighted by Crippen LogP contribution is -1.98. The molecule has 0 amide bonds. The fourth-order valence-corrected chi connectivity index (χ4v) is 3.43. The summed E-state index contributed by atoms with van der Waals surface area (Å²) in [6, 6.07) is 9.20. The maximum atomic E-state index is 13.6. The van der Waals surface area contributed by atoms with E-state index in [4.69, 9.17) is 32.7 Å². The molecular weight excluding hydrogens is 485 g/mol. The molecule has 0 aliphatic heterocycles. The van der Waals surface area contributed by atoms with Gasteiger partial charge in [0.25, 0.3) is 0 Å². The normalized spacial score (nSPS) is 10.5. The van der Waals surface area contributed by atoms with E-state index in [9.17, 15) is 8.78 Å². The average molecular weight is 505 g/mol. The fraction of sp³-hybridized carbons (Fsp3) is 0.167. The third kappa shape index (κ3) is 5.58. The molecular formula is C24H20Cl2F2N4O2. The number of fused-ring (bicyclic) bond motifs is 2. The third-order valence-corrected chi connectivity index (χ3v) is 4.80. The largest absolute Gasteiger partial charge is 0.492 e. The summed E-state index contributed by atoms with van der Waals surface area (Å²) in [4.78, 5) is 15.8. The second-order valence-corrected chi connectivity index (χ2v) is 7.34. The second kappa shape index (κ2) is 11.2. The van der Waals surface area contributed by atoms with Gasteiger partial charge in [-0.2, -0.15) is 0 Å². The number of para-hydroxylation sites is 2. The summed E-state index contributed by atoms with van der Waals surface area (Å²) in [5.41, 5.74) is 1.18. The Morgan fingerprint density at radius 3 is 1.47 bits per heavy atom. The van der Waals surface area contributed by atoms with Gasteiger partial charge in [0.2, 0.25) is 10.6 Å². The van der Waals surface area contributed by atoms with Crippen LogP contribution in [-0.2, 0) is 9.47 Å². The van der Waals surface area contributed by atoms with Gasteiger partial charge in [0, 0.05) is 10.8 Å². The highest BCUT2D eigenvalue weighted by Crippen LogP contribution is 2.26. The highest BCUT2D eigenvalue weighted by Gasteiger charge is 2.14. The number of hydrogen-bond donors (Lipinski definition) is 0. The summed E-state index contributed by atoms with van der Waals surface area (Å²) < 4.78 is 37.7. The molecule has 0 radical (unpaired) electrons. The monoisotopic (exact) mass is 504 g/mol. The minimum atomic E-state index is -0.447. The number of benzene rings is 2. The van der Waals surface area contributed by atoms with Crippen molar-refractivity contribution in [3.63, 3.8) is 0 Å². The van der Waals surface area contributed by atoms with Crippen LogP contribution in [0.5, 0.6) is 0 Å². The summed E-state index contributed by atoms with van der Waals surface area (Å²) in [6.45, 7) is 12.1. The Hall–Kier alpha value is -3.36. The first-order chi connectivity index (χ1) is 16.3. The molecule has 0 saturated carbocycles. The van der Waals surface area contributed by atoms with Gasteiger partial charge in [-0.3, -0.25) is 0 Å². The third-order valence-electron chi connectivity index (χ3n) is 4.47. The molecule has 0 saturated heterocycles. The number of hydrogen-bond acceptors (Lipinski definition) is 6. The van der Waals surface area contributed by atoms with Gasteiger partial charge in [-0.25, -0.2) is 28.7 Å². The number of ether oxygens (including phenoxy) is 2. The lowest BCUT2D eigenvalue weighted by atomic mass is 10.1. The molecule has 0 unspecified atom stereocenters. The zero-order chi connectivity index (χ0) is 24.8. The maximum absolute atomic E-state index is 13.6. The van der Waals surface area contributed by atoms with Gasteiger partial charge in [0.05, 0.1) is 13.2 Å². The first kappa shape index (κ1) is 25.3. The van der Waals surface area contributed by atoms with Crippen molar-refractivity contribution in [2.24, 2.45) is 0 Å². The Bertz CT molecular complexity index is 1280. The fourth-order valence-electron chi connectivity index (χ4n) is 3.09. The molecule has 2 aromatic carbocycles. The molecule has 0 fully saturated rings. The highest BCUT2D eigenvalue weighted by molar-refractivity contribution is 6.29. The van der Waals surface area contributed by atoms with Crippen LogP contribution in [0.1, 0.15) is 25.2 Å². The van der Waals surface area contributed by atoms with E-state index in [1.54, 1.807) is 24.3 Å². The van der Waals surface area contributed by atoms with E-state index in [0.717, 1.165) is 0 Å². The van der Waals surface area contributed by atoms with Crippen LogP contribution < -0.4 is 0 Å². The number of rotatable bonds is 6. The molecule has 0 aliphatic carbocycles. The summed E-state index contributed by atoms with van der Waals surface area (Å²) in [5.74, 6) is -0.186. The van der Waals surface area contributed by atoms with E-state index in [2.05, 4.69) is 33.1 Å². The van der Waals surface area contributed by atoms with Gasteiger partial charge in [-0.1, -0.05) is 37.4 Å². The molecule has 0 spiro atoms. The van der Waals surface area contributed by atoms with E-state index in [1.165, 1.54) is 12.1 Å². The van der Waals surface area contributed by atoms with E-state index >= 15 is 0 Å². The molecule has 4 rings (SSSR count). The predicted molar refractivity (Wildman–Crippen MR) is 130 cm³/mol. The van der Waals surface area contributed by atoms with Crippen molar-refractivity contribution in [2.75, 3.05) is 13.2 Å². The van der Waals surface area contributed by atoms with Crippen LogP contribution in [-0.4, -0.2) is 33.1 Å². The molecule has 2 aromatic heterocycles. The van der Waals surface area contributed by atoms with E-state index in [-0.39, 0.29) is 21.6 Å². The van der Waals surface area contributed by atoms with Crippen LogP contribution in [0.3, 0.4) is 0 Å². The average Bonchev–Trinajstić information content (AvgIpc) is 2.80. The van der Waals surface area contributed by atoms with E-state index in [1.807, 2.05) is 13.8 Å². The van der Waals surface area contributed by atoms with Crippen molar-refractivity contribution in [3.8, 4) is 0 Å². The van der Waals surface area contributed by atoms with Crippen molar-refractivity contribution in [2.45, 2.75) is 13.8 Å². The zero-order valence-electron chi connectivity index (χ0n) is 18.4. The molecule has 0 N–H and O–H groups in total. The quantitative estimate of drug-likeness (QED) is 0.211. The van der Waals surface area contributed by atoms with Gasteiger partial charge >= 0.3 is 0 Å². The molecule has 0 atom stereocenters. The van der Waals surface area contributed by atoms with Crippen LogP contribution in [0.25, 0.3) is 33.3 Å². The second-order valence-electron chi connectivity index (χ2n) is 6.67. The molecule has 10 heteroatoms. The Morgan fingerprint density at radius 1 is 0.735 bits per heavy atom. The molecule has 0 aliphatic rings. The number of aromatic nitrogens is 4. The molecule has 4 aromatic rings. The van der Waals surface area contributed by atoms with E-state index < -0.39 is 11.6 Å². The van der Waals surface area contributed by atoms with Gasteiger partial charge in [-0.15, -0.1) is 0 Å². The highest BCUT2D eigenvalue weighted by atomic mass is 35.5. The van der Waals surface area contributed by atoms with Crippen molar-refractivity contribution in [3.05, 3.63) is 83.1 Å². The maximum Gasteiger partial charge on any atom is 0.223 e. The number of halogens is 4. The van der Waals surface area contributed by atoms with E-state index in [0.29, 0.717) is 46.9 Å². The SMILES string of the molecule is C=C(OCC)c1nc(Cl)nc2c(F)cccc12.C=C(OCC)c1nc(Cl)nc2c(F)cccc12. The molecule has 0 bridgehead atoms. The lowest BCUT2D eigenvalue weighted by molar-refractivity contribution is 0.298. The standard InChI is InChI=1S/2C12H10ClFN2O/c2*1-3-17-7(2)10-8-5-4-6-9(14)11(8)16-12(13)15-10/h2*4-6H,2-3H2,1H3. The molecule has 176 valence electrons. The zero-order valence-corrected chi connectivity index (χ0v) is 19.9. The smallest absolute Gasteiger partial charge is 0.223 e. The Balaban J connectivity index is 0.000000191. The predicted octanol–water partition coefficient (Wildman–Crippen LogP) is 6.86. The number of nitrogens with zero attached hydrogens (tertiary/aromatic N) is 4. The van der Waals surface area contributed by atoms with Crippen molar-refractivity contribution >= 4 is 56.5 Å². The van der Waals surface area contributed by atoms with Gasteiger partial charge in [-0.05, 0) is 49.2 Å². The Kier molecular flexibility index (Phi) is 8.31. The van der Waals surface area contributed by atoms with Gasteiger partial charge in [0.15, 0.2) is 0 Å². The molecule has 2 heterocycles. The summed E-state index contributed by atoms with van der Waals surface area (Å²) >= 11 is 11.5. The van der Waals surface area contributed by atoms with Crippen LogP contribution in [0.2, 0.25) is 10.6 Å². The van der Waals surface area contributed by atoms with Gasteiger partial charge in [0.1, 0.15) is 45.6 Å².